The number of benzene rings is 1. The van der Waals surface area contributed by atoms with Crippen LogP contribution < -0.4 is 5.73 Å². The molecular formula is C15H16FN3O2. The fraction of sp³-hybridized carbons (Fsp3) is 0.200. The lowest BCUT2D eigenvalue weighted by Crippen LogP contribution is -2.30. The Morgan fingerprint density at radius 2 is 1.86 bits per heavy atom. The largest absolute Gasteiger partial charge is 0.411 e. The highest BCUT2D eigenvalue weighted by Crippen LogP contribution is 2.22. The SMILES string of the molecule is N[C@H](CF)[C@H](O)c1ccc(-c2ccc(/C=N/O)nc2)cc1. The Bertz CT molecular complexity index is 599. The van der Waals surface area contributed by atoms with Crippen LogP contribution in [-0.4, -0.2) is 34.2 Å². The van der Waals surface area contributed by atoms with Crippen molar-refractivity contribution in [3.63, 3.8) is 0 Å². The lowest BCUT2D eigenvalue weighted by atomic mass is 10.00. The molecule has 0 unspecified atom stereocenters. The molecule has 6 heteroatoms. The minimum atomic E-state index is -1.02. The van der Waals surface area contributed by atoms with Crippen LogP contribution in [0.5, 0.6) is 0 Å². The Balaban J connectivity index is 2.18. The van der Waals surface area contributed by atoms with E-state index in [1.165, 1.54) is 6.21 Å². The molecule has 2 atom stereocenters. The second kappa shape index (κ2) is 6.92. The molecule has 2 aromatic rings. The molecule has 0 aliphatic carbocycles. The van der Waals surface area contributed by atoms with Gasteiger partial charge in [-0.15, -0.1) is 0 Å². The van der Waals surface area contributed by atoms with Gasteiger partial charge in [-0.1, -0.05) is 35.5 Å². The molecule has 2 rings (SSSR count). The highest BCUT2D eigenvalue weighted by Gasteiger charge is 2.16. The Kier molecular flexibility index (Phi) is 4.97. The fourth-order valence-corrected chi connectivity index (χ4v) is 1.92. The normalized spacial score (nSPS) is 14.2. The Hall–Kier alpha value is -2.31. The minimum Gasteiger partial charge on any atom is -0.411 e. The standard InChI is InChI=1S/C15H16FN3O2/c16-7-14(17)15(20)11-3-1-10(2-4-11)12-5-6-13(9-19-21)18-8-12/h1-6,8-9,14-15,20-21H,7,17H2/b19-9+/t14-,15-/m1/s1. The zero-order valence-corrected chi connectivity index (χ0v) is 11.2. The summed E-state index contributed by atoms with van der Waals surface area (Å²) in [6.45, 7) is -0.777. The zero-order chi connectivity index (χ0) is 15.2. The van der Waals surface area contributed by atoms with Crippen molar-refractivity contribution in [2.45, 2.75) is 12.1 Å². The summed E-state index contributed by atoms with van der Waals surface area (Å²) in [4.78, 5) is 4.12. The van der Waals surface area contributed by atoms with Crippen LogP contribution in [-0.2, 0) is 0 Å². The number of hydrogen-bond donors (Lipinski definition) is 3. The number of nitrogens with two attached hydrogens (primary N) is 1. The number of aliphatic hydroxyl groups excluding tert-OH is 1. The number of halogens is 1. The Morgan fingerprint density at radius 3 is 2.38 bits per heavy atom. The van der Waals surface area contributed by atoms with Gasteiger partial charge in [0.25, 0.3) is 0 Å². The van der Waals surface area contributed by atoms with E-state index in [4.69, 9.17) is 10.9 Å². The van der Waals surface area contributed by atoms with Crippen molar-refractivity contribution in [1.82, 2.24) is 4.98 Å². The van der Waals surface area contributed by atoms with Crippen molar-refractivity contribution >= 4 is 6.21 Å². The first-order valence-corrected chi connectivity index (χ1v) is 6.39. The van der Waals surface area contributed by atoms with E-state index >= 15 is 0 Å². The lowest BCUT2D eigenvalue weighted by molar-refractivity contribution is 0.132. The quantitative estimate of drug-likeness (QED) is 0.445. The van der Waals surface area contributed by atoms with Crippen LogP contribution in [0.1, 0.15) is 17.4 Å². The first kappa shape index (κ1) is 15.1. The number of hydrogen-bond acceptors (Lipinski definition) is 5. The average molecular weight is 289 g/mol. The molecule has 0 fully saturated rings. The van der Waals surface area contributed by atoms with Gasteiger partial charge in [0.15, 0.2) is 0 Å². The molecule has 0 saturated heterocycles. The van der Waals surface area contributed by atoms with Gasteiger partial charge in [-0.2, -0.15) is 0 Å². The summed E-state index contributed by atoms with van der Waals surface area (Å²) < 4.78 is 12.4. The van der Waals surface area contributed by atoms with Crippen molar-refractivity contribution in [2.24, 2.45) is 10.9 Å². The number of alkyl halides is 1. The molecule has 1 aromatic heterocycles. The number of aliphatic hydroxyl groups is 1. The maximum absolute atomic E-state index is 12.4. The van der Waals surface area contributed by atoms with Crippen molar-refractivity contribution < 1.29 is 14.7 Å². The third-order valence-electron chi connectivity index (χ3n) is 3.15. The van der Waals surface area contributed by atoms with Crippen molar-refractivity contribution in [3.05, 3.63) is 53.9 Å². The van der Waals surface area contributed by atoms with Gasteiger partial charge in [-0.25, -0.2) is 4.39 Å². The van der Waals surface area contributed by atoms with Crippen LogP contribution in [0, 0.1) is 0 Å². The van der Waals surface area contributed by atoms with Gasteiger partial charge in [-0.3, -0.25) is 4.98 Å². The van der Waals surface area contributed by atoms with Gasteiger partial charge in [0.1, 0.15) is 6.67 Å². The summed E-state index contributed by atoms with van der Waals surface area (Å²) in [5.41, 5.74) is 8.37. The summed E-state index contributed by atoms with van der Waals surface area (Å²) >= 11 is 0. The van der Waals surface area contributed by atoms with Crippen LogP contribution in [0.15, 0.2) is 47.8 Å². The van der Waals surface area contributed by atoms with Gasteiger partial charge >= 0.3 is 0 Å². The third-order valence-corrected chi connectivity index (χ3v) is 3.15. The van der Waals surface area contributed by atoms with Gasteiger partial charge in [0, 0.05) is 11.8 Å². The number of nitrogens with zero attached hydrogens (tertiary/aromatic N) is 2. The van der Waals surface area contributed by atoms with Gasteiger partial charge in [0.05, 0.1) is 24.1 Å². The Labute approximate surface area is 121 Å². The number of aromatic nitrogens is 1. The summed E-state index contributed by atoms with van der Waals surface area (Å²) in [6.07, 6.45) is 1.86. The van der Waals surface area contributed by atoms with Crippen molar-refractivity contribution in [1.29, 1.82) is 0 Å². The predicted octanol–water partition coefficient (Wildman–Crippen LogP) is 1.89. The lowest BCUT2D eigenvalue weighted by Gasteiger charge is -2.16. The zero-order valence-electron chi connectivity index (χ0n) is 11.2. The highest BCUT2D eigenvalue weighted by molar-refractivity contribution is 5.77. The van der Waals surface area contributed by atoms with Crippen LogP contribution in [0.3, 0.4) is 0 Å². The maximum Gasteiger partial charge on any atom is 0.107 e. The molecule has 5 nitrogen and oxygen atoms in total. The molecule has 0 saturated carbocycles. The van der Waals surface area contributed by atoms with Crippen LogP contribution in [0.4, 0.5) is 4.39 Å². The molecule has 110 valence electrons. The molecule has 1 heterocycles. The van der Waals surface area contributed by atoms with E-state index in [2.05, 4.69) is 10.1 Å². The molecule has 0 amide bonds. The van der Waals surface area contributed by atoms with E-state index < -0.39 is 18.8 Å². The topological polar surface area (TPSA) is 91.7 Å². The first-order valence-electron chi connectivity index (χ1n) is 6.39. The predicted molar refractivity (Wildman–Crippen MR) is 78.0 cm³/mol. The second-order valence-electron chi connectivity index (χ2n) is 4.60. The fourth-order valence-electron chi connectivity index (χ4n) is 1.92. The molecular weight excluding hydrogens is 273 g/mol. The van der Waals surface area contributed by atoms with E-state index in [-0.39, 0.29) is 0 Å². The molecule has 0 radical (unpaired) electrons. The van der Waals surface area contributed by atoms with E-state index in [0.29, 0.717) is 11.3 Å². The molecule has 0 aliphatic heterocycles. The number of rotatable bonds is 5. The van der Waals surface area contributed by atoms with E-state index in [1.54, 1.807) is 36.5 Å². The summed E-state index contributed by atoms with van der Waals surface area (Å²) in [5, 5.41) is 21.2. The molecule has 0 spiro atoms. The smallest absolute Gasteiger partial charge is 0.107 e. The molecule has 0 bridgehead atoms. The summed E-state index contributed by atoms with van der Waals surface area (Å²) in [5.74, 6) is 0. The van der Waals surface area contributed by atoms with Crippen LogP contribution >= 0.6 is 0 Å². The van der Waals surface area contributed by atoms with E-state index in [0.717, 1.165) is 11.1 Å². The van der Waals surface area contributed by atoms with E-state index in [9.17, 15) is 9.50 Å². The number of oxime groups is 1. The van der Waals surface area contributed by atoms with Crippen LogP contribution in [0.25, 0.3) is 11.1 Å². The molecule has 0 aliphatic rings. The van der Waals surface area contributed by atoms with Gasteiger partial charge < -0.3 is 16.0 Å². The summed E-state index contributed by atoms with van der Waals surface area (Å²) in [7, 11) is 0. The molecule has 1 aromatic carbocycles. The average Bonchev–Trinajstić information content (AvgIpc) is 2.54. The number of pyridine rings is 1. The van der Waals surface area contributed by atoms with E-state index in [1.807, 2.05) is 6.07 Å². The third kappa shape index (κ3) is 3.62. The Morgan fingerprint density at radius 1 is 1.19 bits per heavy atom. The first-order chi connectivity index (χ1) is 10.2. The maximum atomic E-state index is 12.4. The molecule has 4 N–H and O–H groups in total. The van der Waals surface area contributed by atoms with Crippen molar-refractivity contribution in [2.75, 3.05) is 6.67 Å². The monoisotopic (exact) mass is 289 g/mol. The summed E-state index contributed by atoms with van der Waals surface area (Å²) in [6, 6.07) is 9.66. The van der Waals surface area contributed by atoms with Gasteiger partial charge in [0.2, 0.25) is 0 Å². The van der Waals surface area contributed by atoms with Gasteiger partial charge in [-0.05, 0) is 17.2 Å². The van der Waals surface area contributed by atoms with Crippen LogP contribution in [0.2, 0.25) is 0 Å². The van der Waals surface area contributed by atoms with Crippen molar-refractivity contribution in [3.8, 4) is 11.1 Å². The minimum absolute atomic E-state index is 0.544. The second-order valence-corrected chi connectivity index (χ2v) is 4.60. The molecule has 21 heavy (non-hydrogen) atoms. The highest BCUT2D eigenvalue weighted by atomic mass is 19.1.